The molecule has 0 bridgehead atoms. The van der Waals surface area contributed by atoms with E-state index in [0.717, 1.165) is 63.4 Å². The summed E-state index contributed by atoms with van der Waals surface area (Å²) in [7, 11) is 4.70. The Balaban J connectivity index is 1.68. The second-order valence-electron chi connectivity index (χ2n) is 11.0. The monoisotopic (exact) mass is 529 g/mol. The predicted octanol–water partition coefficient (Wildman–Crippen LogP) is 3.67. The number of hydrogen-bond donors (Lipinski definition) is 2. The lowest BCUT2D eigenvalue weighted by Crippen LogP contribution is -2.61. The first kappa shape index (κ1) is 28.0. The molecule has 210 valence electrons. The smallest absolute Gasteiger partial charge is 0.243 e. The number of rotatable bonds is 9. The summed E-state index contributed by atoms with van der Waals surface area (Å²) in [6.07, 6.45) is 10.3. The highest BCUT2D eigenvalue weighted by molar-refractivity contribution is 5.95. The van der Waals surface area contributed by atoms with Crippen LogP contribution >= 0.6 is 0 Å². The first-order valence-electron chi connectivity index (χ1n) is 14.1. The standard InChI is InChI=1S/C29H43N3O6/c1-36-22-17-20(18-23(37-2)25(22)38-3)24(19-11-5-4-6-12-19)27(34)32-16-10-7-13-21(32)26(33)31-29(28(30)35)14-8-9-15-29/h17-19,21,24H,4-16H2,1-3H3,(H2,30,35)(H,31,33)/t21?,24-/m0/s1. The van der Waals surface area contributed by atoms with Gasteiger partial charge in [0.25, 0.3) is 0 Å². The van der Waals surface area contributed by atoms with Crippen molar-refractivity contribution in [1.29, 1.82) is 0 Å². The van der Waals surface area contributed by atoms with Crippen molar-refractivity contribution in [2.45, 2.75) is 94.5 Å². The van der Waals surface area contributed by atoms with Gasteiger partial charge in [-0.25, -0.2) is 0 Å². The van der Waals surface area contributed by atoms with Gasteiger partial charge in [0, 0.05) is 6.54 Å². The maximum atomic E-state index is 14.5. The van der Waals surface area contributed by atoms with E-state index in [1.165, 1.54) is 0 Å². The van der Waals surface area contributed by atoms with Crippen molar-refractivity contribution in [1.82, 2.24) is 10.2 Å². The number of hydrogen-bond acceptors (Lipinski definition) is 6. The summed E-state index contributed by atoms with van der Waals surface area (Å²) in [5.41, 5.74) is 5.54. The van der Waals surface area contributed by atoms with Gasteiger partial charge in [-0.05, 0) is 68.6 Å². The molecule has 38 heavy (non-hydrogen) atoms. The molecule has 0 radical (unpaired) electrons. The lowest BCUT2D eigenvalue weighted by atomic mass is 9.75. The first-order valence-corrected chi connectivity index (χ1v) is 14.1. The number of likely N-dealkylation sites (tertiary alicyclic amines) is 1. The largest absolute Gasteiger partial charge is 0.493 e. The molecule has 1 heterocycles. The predicted molar refractivity (Wildman–Crippen MR) is 143 cm³/mol. The fourth-order valence-electron chi connectivity index (χ4n) is 6.74. The van der Waals surface area contributed by atoms with Crippen LogP contribution in [0.15, 0.2) is 12.1 Å². The minimum Gasteiger partial charge on any atom is -0.493 e. The Kier molecular flexibility index (Phi) is 9.05. The average molecular weight is 530 g/mol. The van der Waals surface area contributed by atoms with Gasteiger partial charge < -0.3 is 30.2 Å². The molecule has 3 amide bonds. The van der Waals surface area contributed by atoms with Crippen molar-refractivity contribution >= 4 is 17.7 Å². The third kappa shape index (κ3) is 5.57. The molecule has 3 aliphatic rings. The van der Waals surface area contributed by atoms with Crippen molar-refractivity contribution in [3.05, 3.63) is 17.7 Å². The number of nitrogens with one attached hydrogen (secondary N) is 1. The van der Waals surface area contributed by atoms with Crippen LogP contribution in [0.4, 0.5) is 0 Å². The van der Waals surface area contributed by atoms with Crippen molar-refractivity contribution in [3.63, 3.8) is 0 Å². The topological polar surface area (TPSA) is 120 Å². The van der Waals surface area contributed by atoms with Crippen LogP contribution in [0.25, 0.3) is 0 Å². The molecule has 1 saturated heterocycles. The zero-order valence-corrected chi connectivity index (χ0v) is 23.1. The Labute approximate surface area is 225 Å². The van der Waals surface area contributed by atoms with Gasteiger partial charge in [0.2, 0.25) is 23.5 Å². The molecule has 9 heteroatoms. The molecule has 1 aromatic rings. The summed E-state index contributed by atoms with van der Waals surface area (Å²) in [4.78, 5) is 42.2. The number of piperidine rings is 1. The van der Waals surface area contributed by atoms with Crippen LogP contribution in [0.5, 0.6) is 17.2 Å². The molecule has 1 aliphatic heterocycles. The molecule has 2 aliphatic carbocycles. The fourth-order valence-corrected chi connectivity index (χ4v) is 6.74. The lowest BCUT2D eigenvalue weighted by Gasteiger charge is -2.41. The zero-order chi connectivity index (χ0) is 27.3. The van der Waals surface area contributed by atoms with Crippen molar-refractivity contribution in [3.8, 4) is 17.2 Å². The summed E-state index contributed by atoms with van der Waals surface area (Å²) >= 11 is 0. The Morgan fingerprint density at radius 1 is 0.895 bits per heavy atom. The minimum atomic E-state index is -1.01. The van der Waals surface area contributed by atoms with Crippen molar-refractivity contribution in [2.24, 2.45) is 11.7 Å². The number of nitrogens with zero attached hydrogens (tertiary/aromatic N) is 1. The van der Waals surface area contributed by atoms with Crippen LogP contribution in [0, 0.1) is 5.92 Å². The zero-order valence-electron chi connectivity index (χ0n) is 23.1. The highest BCUT2D eigenvalue weighted by atomic mass is 16.5. The van der Waals surface area contributed by atoms with Crippen LogP contribution in [0.2, 0.25) is 0 Å². The van der Waals surface area contributed by atoms with Crippen LogP contribution in [-0.2, 0) is 14.4 Å². The van der Waals surface area contributed by atoms with Gasteiger partial charge in [-0.2, -0.15) is 0 Å². The molecular formula is C29H43N3O6. The summed E-state index contributed by atoms with van der Waals surface area (Å²) in [6.45, 7) is 0.508. The molecular weight excluding hydrogens is 486 g/mol. The highest BCUT2D eigenvalue weighted by Gasteiger charge is 2.45. The van der Waals surface area contributed by atoms with E-state index >= 15 is 0 Å². The summed E-state index contributed by atoms with van der Waals surface area (Å²) in [6, 6.07) is 3.12. The number of nitrogens with two attached hydrogens (primary N) is 1. The number of primary amides is 1. The lowest BCUT2D eigenvalue weighted by molar-refractivity contribution is -0.146. The SMILES string of the molecule is COc1cc([C@@H](C(=O)N2CCCCC2C(=O)NC2(C(N)=O)CCCC2)C2CCCCC2)cc(OC)c1OC. The summed E-state index contributed by atoms with van der Waals surface area (Å²) < 4.78 is 16.7. The van der Waals surface area contributed by atoms with Crippen LogP contribution < -0.4 is 25.3 Å². The van der Waals surface area contributed by atoms with Gasteiger partial charge in [-0.3, -0.25) is 14.4 Å². The highest BCUT2D eigenvalue weighted by Crippen LogP contribution is 2.45. The molecule has 3 fully saturated rings. The van der Waals surface area contributed by atoms with E-state index in [1.54, 1.807) is 26.2 Å². The molecule has 3 N–H and O–H groups in total. The number of ether oxygens (including phenoxy) is 3. The van der Waals surface area contributed by atoms with Gasteiger partial charge in [0.1, 0.15) is 11.6 Å². The molecule has 2 saturated carbocycles. The molecule has 9 nitrogen and oxygen atoms in total. The van der Waals surface area contributed by atoms with E-state index < -0.39 is 23.4 Å². The Bertz CT molecular complexity index is 991. The fraction of sp³-hybridized carbons (Fsp3) is 0.690. The summed E-state index contributed by atoms with van der Waals surface area (Å²) in [5, 5.41) is 2.99. The molecule has 2 atom stereocenters. The average Bonchev–Trinajstić information content (AvgIpc) is 3.43. The Hall–Kier alpha value is -2.97. The third-order valence-corrected chi connectivity index (χ3v) is 8.81. The number of amides is 3. The van der Waals surface area contributed by atoms with E-state index in [-0.39, 0.29) is 17.7 Å². The van der Waals surface area contributed by atoms with E-state index in [4.69, 9.17) is 19.9 Å². The van der Waals surface area contributed by atoms with Crippen LogP contribution in [0.1, 0.15) is 88.5 Å². The van der Waals surface area contributed by atoms with Crippen molar-refractivity contribution in [2.75, 3.05) is 27.9 Å². The molecule has 4 rings (SSSR count). The normalized spacial score (nSPS) is 22.4. The number of benzene rings is 1. The maximum absolute atomic E-state index is 14.5. The molecule has 1 aromatic carbocycles. The molecule has 0 aromatic heterocycles. The van der Waals surface area contributed by atoms with E-state index in [1.807, 2.05) is 12.1 Å². The minimum absolute atomic E-state index is 0.0504. The molecule has 1 unspecified atom stereocenters. The maximum Gasteiger partial charge on any atom is 0.243 e. The quantitative estimate of drug-likeness (QED) is 0.504. The number of methoxy groups -OCH3 is 3. The van der Waals surface area contributed by atoms with E-state index in [0.29, 0.717) is 43.1 Å². The second kappa shape index (κ2) is 12.3. The second-order valence-corrected chi connectivity index (χ2v) is 11.0. The van der Waals surface area contributed by atoms with Gasteiger partial charge in [0.15, 0.2) is 11.5 Å². The van der Waals surface area contributed by atoms with Crippen LogP contribution in [0.3, 0.4) is 0 Å². The molecule has 0 spiro atoms. The van der Waals surface area contributed by atoms with Crippen LogP contribution in [-0.4, -0.2) is 62.1 Å². The van der Waals surface area contributed by atoms with Gasteiger partial charge in [0.05, 0.1) is 27.2 Å². The Morgan fingerprint density at radius 3 is 2.05 bits per heavy atom. The summed E-state index contributed by atoms with van der Waals surface area (Å²) in [5.74, 6) is 0.398. The van der Waals surface area contributed by atoms with Gasteiger partial charge in [-0.1, -0.05) is 32.1 Å². The van der Waals surface area contributed by atoms with Gasteiger partial charge in [-0.15, -0.1) is 0 Å². The number of carbonyl (C=O) groups is 3. The van der Waals surface area contributed by atoms with E-state index in [9.17, 15) is 14.4 Å². The number of carbonyl (C=O) groups excluding carboxylic acids is 3. The third-order valence-electron chi connectivity index (χ3n) is 8.81. The van der Waals surface area contributed by atoms with Crippen molar-refractivity contribution < 1.29 is 28.6 Å². The van der Waals surface area contributed by atoms with Gasteiger partial charge >= 0.3 is 0 Å². The van der Waals surface area contributed by atoms with E-state index in [2.05, 4.69) is 5.32 Å². The first-order chi connectivity index (χ1) is 18.3. The Morgan fingerprint density at radius 2 is 1.50 bits per heavy atom.